The van der Waals surface area contributed by atoms with Crippen molar-refractivity contribution in [2.75, 3.05) is 19.6 Å². The predicted octanol–water partition coefficient (Wildman–Crippen LogP) is -2.72. The zero-order valence-electron chi connectivity index (χ0n) is 23.7. The minimum absolute atomic E-state index is 0.0291. The molecule has 0 saturated heterocycles. The first-order chi connectivity index (χ1) is 18.2. The number of aliphatic hydroxyl groups is 3. The van der Waals surface area contributed by atoms with Crippen LogP contribution in [-0.2, 0) is 0 Å². The quantitative estimate of drug-likeness (QED) is 0.138. The second-order valence-electron chi connectivity index (χ2n) is 11.0. The normalized spacial score (nSPS) is 30.6. The highest BCUT2D eigenvalue weighted by molar-refractivity contribution is 5.88. The summed E-state index contributed by atoms with van der Waals surface area (Å²) in [5.74, 6) is 0.998. The van der Waals surface area contributed by atoms with Crippen molar-refractivity contribution >= 4 is 5.84 Å². The van der Waals surface area contributed by atoms with E-state index in [0.717, 1.165) is 29.1 Å². The standard InChI is InChI=1S/C9H21N3O.C9H17N3O.C8H16N4O/c2*1-5-2-8(11)7(9(5)12)3-6(13)4-10;1-4-7(10)6(8(11)12-4)2-5(13)3-9/h5-9,13H,2-4,10-12H2,1H3;2,6-7,13H,3-4,10-12H2,1H3;5-6,13H,2-3,9-10H2,1H3,(H2,11,12). The number of aliphatic hydroxyl groups excluding tert-OH is 3. The van der Waals surface area contributed by atoms with Gasteiger partial charge in [-0.1, -0.05) is 6.92 Å². The number of rotatable bonds is 9. The first-order valence-electron chi connectivity index (χ1n) is 13.6. The Morgan fingerprint density at radius 2 is 1.31 bits per heavy atom. The second kappa shape index (κ2) is 16.1. The molecule has 0 bridgehead atoms. The fourth-order valence-electron chi connectivity index (χ4n) is 5.09. The van der Waals surface area contributed by atoms with Gasteiger partial charge in [0, 0.05) is 54.7 Å². The monoisotopic (exact) mass is 554 g/mol. The Bertz CT molecular complexity index is 852. The maximum absolute atomic E-state index is 9.40. The molecule has 0 aromatic carbocycles. The fraction of sp³-hybridized carbons (Fsp3) is 0.731. The van der Waals surface area contributed by atoms with Crippen molar-refractivity contribution < 1.29 is 15.3 Å². The summed E-state index contributed by atoms with van der Waals surface area (Å²) in [6, 6.07) is 0.252. The second-order valence-corrected chi connectivity index (χ2v) is 11.0. The summed E-state index contributed by atoms with van der Waals surface area (Å²) in [6.07, 6.45) is 2.88. The number of amidine groups is 1. The zero-order chi connectivity index (χ0) is 30.0. The van der Waals surface area contributed by atoms with Crippen molar-refractivity contribution in [2.24, 2.45) is 80.3 Å². The Labute approximate surface area is 232 Å². The molecule has 39 heavy (non-hydrogen) atoms. The van der Waals surface area contributed by atoms with E-state index in [9.17, 15) is 15.3 Å². The minimum Gasteiger partial charge on any atom is -0.401 e. The van der Waals surface area contributed by atoms with Crippen LogP contribution in [-0.4, -0.2) is 71.2 Å². The molecule has 0 radical (unpaired) electrons. The molecule has 0 aromatic heterocycles. The van der Waals surface area contributed by atoms with Crippen LogP contribution in [0.5, 0.6) is 0 Å². The minimum atomic E-state index is -0.566. The molecule has 2 aliphatic carbocycles. The number of hydrogen-bond donors (Lipinski definition) is 12. The first kappa shape index (κ1) is 34.8. The molecule has 0 amide bonds. The van der Waals surface area contributed by atoms with Crippen LogP contribution < -0.4 is 51.6 Å². The van der Waals surface area contributed by atoms with Gasteiger partial charge in [-0.3, -0.25) is 0 Å². The van der Waals surface area contributed by atoms with Gasteiger partial charge in [0.05, 0.1) is 29.9 Å². The Kier molecular flexibility index (Phi) is 14.4. The number of nitrogens with zero attached hydrogens (tertiary/aromatic N) is 1. The molecule has 3 rings (SSSR count). The van der Waals surface area contributed by atoms with Crippen molar-refractivity contribution in [3.8, 4) is 0 Å². The van der Waals surface area contributed by atoms with Crippen molar-refractivity contribution in [2.45, 2.75) is 76.9 Å². The maximum atomic E-state index is 9.40. The van der Waals surface area contributed by atoms with Crippen LogP contribution >= 0.6 is 0 Å². The van der Waals surface area contributed by atoms with E-state index in [2.05, 4.69) is 11.9 Å². The third kappa shape index (κ3) is 10.0. The van der Waals surface area contributed by atoms with E-state index in [1.165, 1.54) is 0 Å². The molecule has 9 unspecified atom stereocenters. The van der Waals surface area contributed by atoms with E-state index in [1.807, 2.05) is 13.0 Å². The van der Waals surface area contributed by atoms with Crippen LogP contribution in [0, 0.1) is 23.7 Å². The number of hydrogen-bond acceptors (Lipinski definition) is 13. The zero-order valence-corrected chi connectivity index (χ0v) is 23.7. The molecule has 1 aliphatic heterocycles. The summed E-state index contributed by atoms with van der Waals surface area (Å²) in [7, 11) is 0. The van der Waals surface area contributed by atoms with Crippen LogP contribution in [0.2, 0.25) is 0 Å². The van der Waals surface area contributed by atoms with E-state index in [-0.39, 0.29) is 42.9 Å². The summed E-state index contributed by atoms with van der Waals surface area (Å²) in [5, 5.41) is 28.1. The molecule has 0 spiro atoms. The number of nitrogens with two attached hydrogens (primary N) is 9. The summed E-state index contributed by atoms with van der Waals surface area (Å²) < 4.78 is 0. The molecule has 0 aromatic rings. The molecular formula is C26H54N10O3. The van der Waals surface area contributed by atoms with Gasteiger partial charge in [0.25, 0.3) is 0 Å². The molecule has 3 aliphatic rings. The van der Waals surface area contributed by atoms with Gasteiger partial charge >= 0.3 is 0 Å². The molecule has 21 N–H and O–H groups in total. The molecule has 1 saturated carbocycles. The van der Waals surface area contributed by atoms with Gasteiger partial charge in [0.1, 0.15) is 5.84 Å². The lowest BCUT2D eigenvalue weighted by molar-refractivity contribution is 0.141. The van der Waals surface area contributed by atoms with Crippen LogP contribution in [0.3, 0.4) is 0 Å². The van der Waals surface area contributed by atoms with Crippen molar-refractivity contribution in [1.29, 1.82) is 0 Å². The van der Waals surface area contributed by atoms with Gasteiger partial charge in [-0.15, -0.1) is 0 Å². The lowest BCUT2D eigenvalue weighted by atomic mass is 9.92. The summed E-state index contributed by atoms with van der Waals surface area (Å²) >= 11 is 0. The molecule has 1 fully saturated rings. The van der Waals surface area contributed by atoms with Gasteiger partial charge in [-0.05, 0) is 63.0 Å². The largest absolute Gasteiger partial charge is 0.401 e. The molecule has 1 heterocycles. The van der Waals surface area contributed by atoms with E-state index in [4.69, 9.17) is 51.6 Å². The molecular weight excluding hydrogens is 500 g/mol. The van der Waals surface area contributed by atoms with E-state index in [0.29, 0.717) is 43.3 Å². The van der Waals surface area contributed by atoms with Gasteiger partial charge in [-0.25, -0.2) is 4.99 Å². The van der Waals surface area contributed by atoms with E-state index < -0.39 is 18.3 Å². The smallest absolute Gasteiger partial charge is 0.108 e. The Hall–Kier alpha value is -2.23. The molecule has 13 heteroatoms. The van der Waals surface area contributed by atoms with Gasteiger partial charge in [0.2, 0.25) is 0 Å². The molecule has 226 valence electrons. The van der Waals surface area contributed by atoms with Crippen molar-refractivity contribution in [3.05, 3.63) is 34.4 Å². The Balaban J connectivity index is 0.000000292. The average Bonchev–Trinajstić information content (AvgIpc) is 3.39. The predicted molar refractivity (Wildman–Crippen MR) is 157 cm³/mol. The van der Waals surface area contributed by atoms with Crippen molar-refractivity contribution in [1.82, 2.24) is 0 Å². The van der Waals surface area contributed by atoms with Gasteiger partial charge < -0.3 is 66.9 Å². The van der Waals surface area contributed by atoms with Crippen LogP contribution in [0.4, 0.5) is 0 Å². The average molecular weight is 555 g/mol. The highest BCUT2D eigenvalue weighted by atomic mass is 16.3. The van der Waals surface area contributed by atoms with E-state index >= 15 is 0 Å². The van der Waals surface area contributed by atoms with Gasteiger partial charge in [0.15, 0.2) is 0 Å². The summed E-state index contributed by atoms with van der Waals surface area (Å²) in [4.78, 5) is 4.04. The lowest BCUT2D eigenvalue weighted by Crippen LogP contribution is -2.39. The fourth-order valence-corrected chi connectivity index (χ4v) is 5.09. The van der Waals surface area contributed by atoms with Gasteiger partial charge in [-0.2, -0.15) is 0 Å². The van der Waals surface area contributed by atoms with E-state index in [1.54, 1.807) is 6.92 Å². The van der Waals surface area contributed by atoms with Crippen LogP contribution in [0.1, 0.15) is 46.5 Å². The highest BCUT2D eigenvalue weighted by Crippen LogP contribution is 2.32. The summed E-state index contributed by atoms with van der Waals surface area (Å²) in [5.41, 5.74) is 54.7. The number of aliphatic imine (C=N–C) groups is 1. The highest BCUT2D eigenvalue weighted by Gasteiger charge is 2.37. The van der Waals surface area contributed by atoms with Crippen molar-refractivity contribution in [3.63, 3.8) is 0 Å². The topological polar surface area (TPSA) is 307 Å². The third-order valence-electron chi connectivity index (χ3n) is 7.78. The number of allylic oxidation sites excluding steroid dienone is 3. The Morgan fingerprint density at radius 3 is 1.67 bits per heavy atom. The maximum Gasteiger partial charge on any atom is 0.108 e. The Morgan fingerprint density at radius 1 is 0.821 bits per heavy atom. The molecule has 9 atom stereocenters. The van der Waals surface area contributed by atoms with Crippen LogP contribution in [0.15, 0.2) is 39.4 Å². The lowest BCUT2D eigenvalue weighted by Gasteiger charge is -2.22. The van der Waals surface area contributed by atoms with Crippen LogP contribution in [0.25, 0.3) is 0 Å². The SMILES string of the molecule is CC1=C(N)C(CC(O)CN)C(N)=C1.CC1=C(N)C(CC(O)CN)C(N)=N1.CC1CC(N)C(CC(O)CN)C1N. The molecule has 13 nitrogen and oxygen atoms in total. The summed E-state index contributed by atoms with van der Waals surface area (Å²) in [6.45, 7) is 6.59. The third-order valence-corrected chi connectivity index (χ3v) is 7.78. The first-order valence-corrected chi connectivity index (χ1v) is 13.6.